The lowest BCUT2D eigenvalue weighted by molar-refractivity contribution is -0.136. The van der Waals surface area contributed by atoms with E-state index in [2.05, 4.69) is 0 Å². The van der Waals surface area contributed by atoms with Crippen molar-refractivity contribution in [3.05, 3.63) is 29.8 Å². The lowest BCUT2D eigenvalue weighted by Gasteiger charge is -2.33. The predicted molar refractivity (Wildman–Crippen MR) is 102 cm³/mol. The molecule has 1 aliphatic carbocycles. The highest BCUT2D eigenvalue weighted by Crippen LogP contribution is 2.41. The van der Waals surface area contributed by atoms with Crippen LogP contribution < -0.4 is 10.5 Å². The predicted octanol–water partition coefficient (Wildman–Crippen LogP) is 1.74. The van der Waals surface area contributed by atoms with Crippen LogP contribution in [0.1, 0.15) is 36.0 Å². The summed E-state index contributed by atoms with van der Waals surface area (Å²) in [5, 5.41) is 0. The maximum Gasteiger partial charge on any atom is 0.253 e. The van der Waals surface area contributed by atoms with Gasteiger partial charge in [0.1, 0.15) is 5.75 Å². The molecule has 27 heavy (non-hydrogen) atoms. The number of methoxy groups -OCH3 is 1. The van der Waals surface area contributed by atoms with Crippen LogP contribution in [0.3, 0.4) is 0 Å². The topological polar surface area (TPSA) is 75.9 Å². The normalized spacial score (nSPS) is 26.3. The molecule has 3 aliphatic rings. The van der Waals surface area contributed by atoms with Crippen molar-refractivity contribution in [2.75, 3.05) is 33.3 Å². The Labute approximate surface area is 160 Å². The highest BCUT2D eigenvalue weighted by Gasteiger charge is 2.43. The van der Waals surface area contributed by atoms with Gasteiger partial charge >= 0.3 is 0 Å². The van der Waals surface area contributed by atoms with Crippen LogP contribution in [0.25, 0.3) is 0 Å². The second-order valence-corrected chi connectivity index (χ2v) is 8.21. The molecule has 0 aromatic heterocycles. The number of piperidine rings is 1. The summed E-state index contributed by atoms with van der Waals surface area (Å²) in [6.45, 7) is 2.77. The quantitative estimate of drug-likeness (QED) is 0.875. The molecule has 2 atom stereocenters. The molecule has 0 unspecified atom stereocenters. The monoisotopic (exact) mass is 371 g/mol. The van der Waals surface area contributed by atoms with Gasteiger partial charge in [-0.2, -0.15) is 0 Å². The first-order valence-corrected chi connectivity index (χ1v) is 10.0. The second kappa shape index (κ2) is 7.50. The molecule has 1 aromatic rings. The number of nitrogens with zero attached hydrogens (tertiary/aromatic N) is 2. The molecule has 0 radical (unpaired) electrons. The molecule has 1 saturated carbocycles. The van der Waals surface area contributed by atoms with E-state index in [4.69, 9.17) is 10.5 Å². The van der Waals surface area contributed by atoms with Gasteiger partial charge in [0.05, 0.1) is 7.11 Å². The molecule has 2 saturated heterocycles. The largest absolute Gasteiger partial charge is 0.497 e. The zero-order valence-electron chi connectivity index (χ0n) is 16.0. The lowest BCUT2D eigenvalue weighted by atomic mass is 9.94. The molecular weight excluding hydrogens is 342 g/mol. The molecule has 2 amide bonds. The molecule has 0 spiro atoms. The van der Waals surface area contributed by atoms with E-state index in [1.54, 1.807) is 13.2 Å². The number of nitrogens with two attached hydrogens (primary N) is 1. The molecule has 0 bridgehead atoms. The number of rotatable bonds is 4. The van der Waals surface area contributed by atoms with Gasteiger partial charge in [0.2, 0.25) is 5.91 Å². The first kappa shape index (κ1) is 18.3. The molecule has 4 rings (SSSR count). The van der Waals surface area contributed by atoms with Gasteiger partial charge in [0, 0.05) is 43.7 Å². The van der Waals surface area contributed by atoms with Crippen molar-refractivity contribution < 1.29 is 14.3 Å². The van der Waals surface area contributed by atoms with Gasteiger partial charge in [0.15, 0.2) is 0 Å². The molecule has 6 heteroatoms. The fourth-order valence-electron chi connectivity index (χ4n) is 4.58. The average molecular weight is 371 g/mol. The maximum atomic E-state index is 12.9. The summed E-state index contributed by atoms with van der Waals surface area (Å²) in [6, 6.07) is 7.37. The minimum atomic E-state index is 0.0109. The Balaban J connectivity index is 1.32. The van der Waals surface area contributed by atoms with E-state index < -0.39 is 0 Å². The molecule has 146 valence electrons. The Kier molecular flexibility index (Phi) is 5.08. The van der Waals surface area contributed by atoms with Crippen LogP contribution in [-0.4, -0.2) is 60.9 Å². The summed E-state index contributed by atoms with van der Waals surface area (Å²) in [6.07, 6.45) is 4.00. The van der Waals surface area contributed by atoms with E-state index >= 15 is 0 Å². The smallest absolute Gasteiger partial charge is 0.253 e. The molecule has 1 aromatic carbocycles. The molecule has 2 N–H and O–H groups in total. The van der Waals surface area contributed by atoms with Gasteiger partial charge in [-0.05, 0) is 55.7 Å². The Morgan fingerprint density at radius 1 is 1.07 bits per heavy atom. The highest BCUT2D eigenvalue weighted by molar-refractivity contribution is 5.94. The SMILES string of the molecule is COc1cccc(C(=O)N2CCC(C(=O)N3C[C@H](C4CC4)[C@@H](N)C3)CC2)c1. The summed E-state index contributed by atoms with van der Waals surface area (Å²) >= 11 is 0. The number of carbonyl (C=O) groups excluding carboxylic acids is 2. The van der Waals surface area contributed by atoms with Gasteiger partial charge in [-0.25, -0.2) is 0 Å². The standard InChI is InChI=1S/C21H29N3O3/c1-27-17-4-2-3-16(11-17)21(26)23-9-7-15(8-10-23)20(25)24-12-18(14-5-6-14)19(22)13-24/h2-4,11,14-15,18-19H,5-10,12-13,22H2,1H3/t18-,19+/m1/s1. The Morgan fingerprint density at radius 2 is 1.81 bits per heavy atom. The van der Waals surface area contributed by atoms with E-state index in [1.807, 2.05) is 28.0 Å². The van der Waals surface area contributed by atoms with Crippen molar-refractivity contribution >= 4 is 11.8 Å². The number of ether oxygens (including phenoxy) is 1. The van der Waals surface area contributed by atoms with Gasteiger partial charge < -0.3 is 20.3 Å². The first-order chi connectivity index (χ1) is 13.1. The first-order valence-electron chi connectivity index (χ1n) is 10.0. The number of amides is 2. The van der Waals surface area contributed by atoms with Gasteiger partial charge in [-0.15, -0.1) is 0 Å². The van der Waals surface area contributed by atoms with Crippen molar-refractivity contribution in [3.63, 3.8) is 0 Å². The average Bonchev–Trinajstić information content (AvgIpc) is 3.48. The zero-order valence-corrected chi connectivity index (χ0v) is 16.0. The molecule has 2 aliphatic heterocycles. The number of benzene rings is 1. The highest BCUT2D eigenvalue weighted by atomic mass is 16.5. The molecule has 2 heterocycles. The van der Waals surface area contributed by atoms with Gasteiger partial charge in [0.25, 0.3) is 5.91 Å². The summed E-state index contributed by atoms with van der Waals surface area (Å²) in [4.78, 5) is 29.5. The minimum absolute atomic E-state index is 0.0109. The van der Waals surface area contributed by atoms with Crippen LogP contribution in [0.4, 0.5) is 0 Å². The van der Waals surface area contributed by atoms with Crippen molar-refractivity contribution in [3.8, 4) is 5.75 Å². The second-order valence-electron chi connectivity index (χ2n) is 8.21. The molecule has 6 nitrogen and oxygen atoms in total. The van der Waals surface area contributed by atoms with Gasteiger partial charge in [-0.3, -0.25) is 9.59 Å². The molecule has 3 fully saturated rings. The summed E-state index contributed by atoms with van der Waals surface area (Å²) in [5.74, 6) is 2.17. The number of hydrogen-bond acceptors (Lipinski definition) is 4. The Morgan fingerprint density at radius 3 is 2.48 bits per heavy atom. The van der Waals surface area contributed by atoms with E-state index in [-0.39, 0.29) is 23.8 Å². The number of likely N-dealkylation sites (tertiary alicyclic amines) is 2. The van der Waals surface area contributed by atoms with E-state index in [9.17, 15) is 9.59 Å². The van der Waals surface area contributed by atoms with Crippen molar-refractivity contribution in [2.45, 2.75) is 31.7 Å². The summed E-state index contributed by atoms with van der Waals surface area (Å²) < 4.78 is 5.21. The Hall–Kier alpha value is -2.08. The van der Waals surface area contributed by atoms with E-state index in [1.165, 1.54) is 12.8 Å². The lowest BCUT2D eigenvalue weighted by Crippen LogP contribution is -2.44. The van der Waals surface area contributed by atoms with Crippen LogP contribution in [0.5, 0.6) is 5.75 Å². The van der Waals surface area contributed by atoms with Crippen LogP contribution in [-0.2, 0) is 4.79 Å². The van der Waals surface area contributed by atoms with Crippen molar-refractivity contribution in [2.24, 2.45) is 23.5 Å². The molecular formula is C21H29N3O3. The van der Waals surface area contributed by atoms with Crippen LogP contribution >= 0.6 is 0 Å². The van der Waals surface area contributed by atoms with E-state index in [0.717, 1.165) is 25.3 Å². The fraction of sp³-hybridized carbons (Fsp3) is 0.619. The third kappa shape index (κ3) is 3.81. The third-order valence-electron chi connectivity index (χ3n) is 6.40. The van der Waals surface area contributed by atoms with Crippen LogP contribution in [0.15, 0.2) is 24.3 Å². The Bertz CT molecular complexity index is 710. The third-order valence-corrected chi connectivity index (χ3v) is 6.40. The summed E-state index contributed by atoms with van der Waals surface area (Å²) in [5.41, 5.74) is 6.91. The maximum absolute atomic E-state index is 12.9. The van der Waals surface area contributed by atoms with Crippen molar-refractivity contribution in [1.29, 1.82) is 0 Å². The minimum Gasteiger partial charge on any atom is -0.497 e. The van der Waals surface area contributed by atoms with Crippen molar-refractivity contribution in [1.82, 2.24) is 9.80 Å². The van der Waals surface area contributed by atoms with Crippen LogP contribution in [0, 0.1) is 17.8 Å². The number of carbonyl (C=O) groups is 2. The summed E-state index contributed by atoms with van der Waals surface area (Å²) in [7, 11) is 1.60. The number of hydrogen-bond donors (Lipinski definition) is 1. The van der Waals surface area contributed by atoms with Gasteiger partial charge in [-0.1, -0.05) is 6.07 Å². The van der Waals surface area contributed by atoms with Crippen LogP contribution in [0.2, 0.25) is 0 Å². The zero-order chi connectivity index (χ0) is 19.0. The fourth-order valence-corrected chi connectivity index (χ4v) is 4.58. The van der Waals surface area contributed by atoms with E-state index in [0.29, 0.717) is 36.9 Å².